The van der Waals surface area contributed by atoms with Crippen molar-refractivity contribution in [1.29, 1.82) is 0 Å². The predicted molar refractivity (Wildman–Crippen MR) is 157 cm³/mol. The van der Waals surface area contributed by atoms with E-state index in [-0.39, 0.29) is 55.2 Å². The van der Waals surface area contributed by atoms with Crippen LogP contribution in [0.2, 0.25) is 0 Å². The molecule has 0 spiro atoms. The maximum atomic E-state index is 13.2. The van der Waals surface area contributed by atoms with Gasteiger partial charge in [-0.2, -0.15) is 4.31 Å². The summed E-state index contributed by atoms with van der Waals surface area (Å²) >= 11 is 3.43. The van der Waals surface area contributed by atoms with E-state index in [4.69, 9.17) is 14.2 Å². The monoisotopic (exact) mass is 662 g/mol. The number of benzene rings is 3. The lowest BCUT2D eigenvalue weighted by Gasteiger charge is -2.30. The Labute approximate surface area is 253 Å². The number of nitrogens with zero attached hydrogens (tertiary/aromatic N) is 1. The van der Waals surface area contributed by atoms with Crippen molar-refractivity contribution in [3.05, 3.63) is 106 Å². The van der Waals surface area contributed by atoms with E-state index >= 15 is 0 Å². The average Bonchev–Trinajstić information content (AvgIpc) is 3.00. The van der Waals surface area contributed by atoms with Crippen LogP contribution in [0.15, 0.2) is 94.0 Å². The summed E-state index contributed by atoms with van der Waals surface area (Å²) in [5.74, 6) is -0.445. The lowest BCUT2D eigenvalue weighted by Crippen LogP contribution is -2.38. The largest absolute Gasteiger partial charge is 0.497 e. The highest BCUT2D eigenvalue weighted by Crippen LogP contribution is 2.32. The third-order valence-electron chi connectivity index (χ3n) is 6.64. The molecule has 224 valence electrons. The summed E-state index contributed by atoms with van der Waals surface area (Å²) in [5.41, 5.74) is 1.67. The number of aliphatic hydroxyl groups is 1. The van der Waals surface area contributed by atoms with Gasteiger partial charge in [0, 0.05) is 36.4 Å². The van der Waals surface area contributed by atoms with E-state index in [2.05, 4.69) is 21.2 Å². The minimum Gasteiger partial charge on any atom is -0.497 e. The zero-order valence-corrected chi connectivity index (χ0v) is 25.3. The van der Waals surface area contributed by atoms with Crippen LogP contribution < -0.4 is 10.1 Å². The molecule has 1 aliphatic rings. The maximum absolute atomic E-state index is 13.2. The van der Waals surface area contributed by atoms with Crippen LogP contribution in [0.3, 0.4) is 0 Å². The topological polar surface area (TPSA) is 114 Å². The number of allylic oxidation sites excluding steroid dienone is 1. The number of hydrogen-bond donors (Lipinski definition) is 2. The number of halogens is 2. The first kappa shape index (κ1) is 31.6. The van der Waals surface area contributed by atoms with Crippen LogP contribution in [0.1, 0.15) is 23.5 Å². The van der Waals surface area contributed by atoms with Crippen molar-refractivity contribution in [3.8, 4) is 5.75 Å². The Bertz CT molecular complexity index is 1470. The van der Waals surface area contributed by atoms with E-state index in [0.29, 0.717) is 12.2 Å². The summed E-state index contributed by atoms with van der Waals surface area (Å²) in [4.78, 5) is 13.1. The molecule has 0 saturated heterocycles. The van der Waals surface area contributed by atoms with Crippen LogP contribution in [0.4, 0.5) is 4.39 Å². The average molecular weight is 664 g/mol. The van der Waals surface area contributed by atoms with Gasteiger partial charge in [0.25, 0.3) is 5.91 Å². The Morgan fingerprint density at radius 2 is 1.76 bits per heavy atom. The molecule has 3 aromatic rings. The summed E-state index contributed by atoms with van der Waals surface area (Å²) in [7, 11) is -2.43. The highest BCUT2D eigenvalue weighted by atomic mass is 79.9. The number of hydrogen-bond acceptors (Lipinski definition) is 7. The quantitative estimate of drug-likeness (QED) is 0.280. The lowest BCUT2D eigenvalue weighted by molar-refractivity contribution is -0.146. The molecule has 0 unspecified atom stereocenters. The van der Waals surface area contributed by atoms with Gasteiger partial charge in [0.05, 0.1) is 25.2 Å². The number of nitrogens with one attached hydrogen (secondary N) is 1. The molecule has 0 aromatic heterocycles. The molecule has 9 nitrogen and oxygen atoms in total. The fraction of sp³-hybridized carbons (Fsp3) is 0.300. The first-order valence-corrected chi connectivity index (χ1v) is 15.5. The molecule has 2 atom stereocenters. The first-order valence-electron chi connectivity index (χ1n) is 13.2. The second-order valence-electron chi connectivity index (χ2n) is 9.46. The van der Waals surface area contributed by atoms with Gasteiger partial charge in [-0.05, 0) is 65.7 Å². The molecule has 0 radical (unpaired) electrons. The molecule has 3 aromatic carbocycles. The summed E-state index contributed by atoms with van der Waals surface area (Å²) in [6.45, 7) is -0.414. The second-order valence-corrected chi connectivity index (χ2v) is 12.3. The minimum atomic E-state index is -3.92. The molecule has 1 aliphatic heterocycles. The van der Waals surface area contributed by atoms with E-state index in [0.717, 1.165) is 19.9 Å². The molecule has 1 heterocycles. The Balaban J connectivity index is 1.44. The smallest absolute Gasteiger partial charge is 0.286 e. The van der Waals surface area contributed by atoms with Gasteiger partial charge < -0.3 is 24.6 Å². The Morgan fingerprint density at radius 1 is 1.07 bits per heavy atom. The van der Waals surface area contributed by atoms with E-state index in [1.165, 1.54) is 31.4 Å². The van der Waals surface area contributed by atoms with Gasteiger partial charge in [-0.3, -0.25) is 4.79 Å². The van der Waals surface area contributed by atoms with Crippen molar-refractivity contribution in [3.63, 3.8) is 0 Å². The van der Waals surface area contributed by atoms with E-state index in [1.54, 1.807) is 30.3 Å². The van der Waals surface area contributed by atoms with Gasteiger partial charge in [0.15, 0.2) is 5.76 Å². The molecule has 0 saturated carbocycles. The van der Waals surface area contributed by atoms with Crippen LogP contribution in [-0.2, 0) is 30.8 Å². The molecule has 0 aliphatic carbocycles. The zero-order chi connectivity index (χ0) is 30.1. The summed E-state index contributed by atoms with van der Waals surface area (Å²) in [5, 5.41) is 12.3. The number of aliphatic hydroxyl groups excluding tert-OH is 1. The van der Waals surface area contributed by atoms with Crippen LogP contribution in [0.25, 0.3) is 0 Å². The van der Waals surface area contributed by atoms with Gasteiger partial charge >= 0.3 is 0 Å². The van der Waals surface area contributed by atoms with E-state index < -0.39 is 22.2 Å². The molecule has 0 bridgehead atoms. The molecule has 1 amide bonds. The van der Waals surface area contributed by atoms with Gasteiger partial charge in [-0.1, -0.05) is 40.2 Å². The summed E-state index contributed by atoms with van der Waals surface area (Å²) in [6, 6.07) is 19.5. The molecule has 4 rings (SSSR count). The molecule has 12 heteroatoms. The number of amides is 1. The van der Waals surface area contributed by atoms with E-state index in [1.807, 2.05) is 24.3 Å². The van der Waals surface area contributed by atoms with Gasteiger partial charge in [-0.15, -0.1) is 0 Å². The Morgan fingerprint density at radius 3 is 2.40 bits per heavy atom. The fourth-order valence-corrected chi connectivity index (χ4v) is 6.06. The number of rotatable bonds is 13. The van der Waals surface area contributed by atoms with Crippen molar-refractivity contribution >= 4 is 31.9 Å². The normalized spacial score (nSPS) is 16.9. The highest BCUT2D eigenvalue weighted by molar-refractivity contribution is 9.10. The summed E-state index contributed by atoms with van der Waals surface area (Å²) in [6.07, 6.45) is 1.28. The summed E-state index contributed by atoms with van der Waals surface area (Å²) < 4.78 is 58.7. The van der Waals surface area contributed by atoms with Crippen molar-refractivity contribution in [2.75, 3.05) is 33.4 Å². The number of carbonyl (C=O) groups excluding carboxylic acids is 1. The maximum Gasteiger partial charge on any atom is 0.286 e. The fourth-order valence-electron chi connectivity index (χ4n) is 4.38. The highest BCUT2D eigenvalue weighted by Gasteiger charge is 2.30. The number of ether oxygens (including phenoxy) is 3. The second kappa shape index (κ2) is 14.7. The predicted octanol–water partition coefficient (Wildman–Crippen LogP) is 4.33. The third kappa shape index (κ3) is 8.39. The zero-order valence-electron chi connectivity index (χ0n) is 22.9. The SMILES string of the molecule is COc1ccc(S(=O)(=O)N(CCO)CCO[C@H]2C[C@@H](c3ccc(Br)cc3)C=C(C(=O)NCc3ccc(F)cc3)O2)cc1. The van der Waals surface area contributed by atoms with E-state index in [9.17, 15) is 22.7 Å². The number of methoxy groups -OCH3 is 1. The minimum absolute atomic E-state index is 0.0441. The molecule has 2 N–H and O–H groups in total. The molecular formula is C30H32BrFN2O7S. The molecular weight excluding hydrogens is 631 g/mol. The molecule has 42 heavy (non-hydrogen) atoms. The Hall–Kier alpha value is -3.29. The Kier molecular flexibility index (Phi) is 11.1. The van der Waals surface area contributed by atoms with Crippen molar-refractivity contribution < 1.29 is 36.9 Å². The van der Waals surface area contributed by atoms with Gasteiger partial charge in [-0.25, -0.2) is 12.8 Å². The van der Waals surface area contributed by atoms with Crippen LogP contribution in [-0.4, -0.2) is 63.4 Å². The van der Waals surface area contributed by atoms with Crippen molar-refractivity contribution in [2.45, 2.75) is 30.1 Å². The lowest BCUT2D eigenvalue weighted by atomic mass is 9.93. The van der Waals surface area contributed by atoms with Gasteiger partial charge in [0.2, 0.25) is 16.3 Å². The van der Waals surface area contributed by atoms with Crippen molar-refractivity contribution in [1.82, 2.24) is 9.62 Å². The van der Waals surface area contributed by atoms with Crippen LogP contribution >= 0.6 is 15.9 Å². The number of carbonyl (C=O) groups is 1. The van der Waals surface area contributed by atoms with Gasteiger partial charge in [0.1, 0.15) is 11.6 Å². The first-order chi connectivity index (χ1) is 20.2. The molecule has 0 fully saturated rings. The van der Waals surface area contributed by atoms with Crippen molar-refractivity contribution in [2.24, 2.45) is 0 Å². The number of sulfonamides is 1. The van der Waals surface area contributed by atoms with Crippen LogP contribution in [0, 0.1) is 5.82 Å². The third-order valence-corrected chi connectivity index (χ3v) is 9.08. The van der Waals surface area contributed by atoms with Crippen LogP contribution in [0.5, 0.6) is 5.75 Å². The standard InChI is InChI=1S/C30H32BrFN2O7S/c1-39-26-10-12-27(13-11-26)42(37,38)34(14-16-35)15-17-40-29-19-23(22-4-6-24(31)7-5-22)18-28(41-29)30(36)33-20-21-2-8-25(32)9-3-21/h2-13,18,23,29,35H,14-17,19-20H2,1H3,(H,33,36)/t23-,29+/m0/s1.